The molecule has 0 fully saturated rings. The van der Waals surface area contributed by atoms with E-state index in [1.807, 2.05) is 42.5 Å². The number of rotatable bonds is 2. The van der Waals surface area contributed by atoms with E-state index in [0.29, 0.717) is 0 Å². The molecule has 2 aromatic carbocycles. The van der Waals surface area contributed by atoms with Crippen molar-refractivity contribution in [1.82, 2.24) is 0 Å². The molecule has 0 saturated carbocycles. The fraction of sp³-hybridized carbons (Fsp3) is 0.133. The Hall–Kier alpha value is -1.16. The Morgan fingerprint density at radius 3 is 2.29 bits per heavy atom. The van der Waals surface area contributed by atoms with E-state index in [-0.39, 0.29) is 5.78 Å². The van der Waals surface area contributed by atoms with Crippen LogP contribution in [0.15, 0.2) is 42.5 Å². The zero-order valence-electron chi connectivity index (χ0n) is 9.83. The Morgan fingerprint density at radius 1 is 1.00 bits per heavy atom. The van der Waals surface area contributed by atoms with Crippen molar-refractivity contribution in [2.45, 2.75) is 13.8 Å². The highest BCUT2D eigenvalue weighted by atomic mass is 127. The predicted molar refractivity (Wildman–Crippen MR) is 78.5 cm³/mol. The molecule has 17 heavy (non-hydrogen) atoms. The van der Waals surface area contributed by atoms with E-state index < -0.39 is 0 Å². The Kier molecular flexibility index (Phi) is 3.62. The molecule has 0 aliphatic heterocycles. The van der Waals surface area contributed by atoms with Crippen molar-refractivity contribution in [3.8, 4) is 0 Å². The van der Waals surface area contributed by atoms with Crippen molar-refractivity contribution in [2.24, 2.45) is 0 Å². The van der Waals surface area contributed by atoms with Gasteiger partial charge in [-0.25, -0.2) is 0 Å². The molecule has 0 radical (unpaired) electrons. The molecule has 0 heterocycles. The summed E-state index contributed by atoms with van der Waals surface area (Å²) < 4.78 is 1.05. The highest BCUT2D eigenvalue weighted by Gasteiger charge is 2.14. The molecule has 0 aromatic heterocycles. The molecule has 0 amide bonds. The molecule has 0 bridgehead atoms. The highest BCUT2D eigenvalue weighted by Crippen LogP contribution is 2.22. The summed E-state index contributed by atoms with van der Waals surface area (Å²) in [5.74, 6) is 0.0955. The van der Waals surface area contributed by atoms with Crippen LogP contribution in [0.25, 0.3) is 0 Å². The fourth-order valence-corrected chi connectivity index (χ4v) is 2.55. The van der Waals surface area contributed by atoms with Crippen LogP contribution in [0.3, 0.4) is 0 Å². The first-order chi connectivity index (χ1) is 8.11. The van der Waals surface area contributed by atoms with Crippen molar-refractivity contribution >= 4 is 28.4 Å². The lowest BCUT2D eigenvalue weighted by atomic mass is 9.99. The van der Waals surface area contributed by atoms with E-state index in [1.165, 1.54) is 11.1 Å². The molecule has 0 N–H and O–H groups in total. The molecule has 0 saturated heterocycles. The number of hydrogen-bond donors (Lipinski definition) is 0. The van der Waals surface area contributed by atoms with Crippen LogP contribution < -0.4 is 0 Å². The maximum atomic E-state index is 12.3. The van der Waals surface area contributed by atoms with Crippen LogP contribution >= 0.6 is 22.6 Å². The molecule has 0 aliphatic rings. The van der Waals surface area contributed by atoms with E-state index in [0.717, 1.165) is 14.7 Å². The topological polar surface area (TPSA) is 17.1 Å². The van der Waals surface area contributed by atoms with Crippen LogP contribution in [0, 0.1) is 17.4 Å². The number of benzene rings is 2. The van der Waals surface area contributed by atoms with Gasteiger partial charge in [0.25, 0.3) is 0 Å². The van der Waals surface area contributed by atoms with Gasteiger partial charge in [-0.15, -0.1) is 0 Å². The van der Waals surface area contributed by atoms with Gasteiger partial charge in [-0.2, -0.15) is 0 Å². The maximum Gasteiger partial charge on any atom is 0.194 e. The summed E-state index contributed by atoms with van der Waals surface area (Å²) in [5, 5.41) is 0. The molecule has 0 atom stereocenters. The van der Waals surface area contributed by atoms with Crippen LogP contribution in [0.5, 0.6) is 0 Å². The van der Waals surface area contributed by atoms with Crippen LogP contribution in [-0.2, 0) is 0 Å². The van der Waals surface area contributed by atoms with Crippen LogP contribution in [0.2, 0.25) is 0 Å². The van der Waals surface area contributed by atoms with Crippen molar-refractivity contribution in [1.29, 1.82) is 0 Å². The van der Waals surface area contributed by atoms with Crippen LogP contribution in [0.1, 0.15) is 27.0 Å². The van der Waals surface area contributed by atoms with Gasteiger partial charge >= 0.3 is 0 Å². The van der Waals surface area contributed by atoms with Gasteiger partial charge < -0.3 is 0 Å². The maximum absolute atomic E-state index is 12.3. The quantitative estimate of drug-likeness (QED) is 0.595. The van der Waals surface area contributed by atoms with Crippen LogP contribution in [0.4, 0.5) is 0 Å². The predicted octanol–water partition coefficient (Wildman–Crippen LogP) is 4.14. The van der Waals surface area contributed by atoms with Gasteiger partial charge in [-0.1, -0.05) is 36.4 Å². The molecule has 1 nitrogen and oxygen atoms in total. The molecule has 2 rings (SSSR count). The van der Waals surface area contributed by atoms with Crippen molar-refractivity contribution < 1.29 is 4.79 Å². The van der Waals surface area contributed by atoms with Gasteiger partial charge in [-0.05, 0) is 53.6 Å². The minimum Gasteiger partial charge on any atom is -0.289 e. The smallest absolute Gasteiger partial charge is 0.194 e. The second-order valence-electron chi connectivity index (χ2n) is 4.06. The van der Waals surface area contributed by atoms with Crippen molar-refractivity contribution in [2.75, 3.05) is 0 Å². The summed E-state index contributed by atoms with van der Waals surface area (Å²) in [7, 11) is 0. The minimum atomic E-state index is 0.0955. The average Bonchev–Trinajstić information content (AvgIpc) is 2.36. The van der Waals surface area contributed by atoms with E-state index in [4.69, 9.17) is 0 Å². The van der Waals surface area contributed by atoms with Crippen molar-refractivity contribution in [3.05, 3.63) is 68.3 Å². The first kappa shape index (κ1) is 12.3. The SMILES string of the molecule is Cc1ccc(C(=O)c2ccccc2)c(I)c1C. The summed E-state index contributed by atoms with van der Waals surface area (Å²) >= 11 is 2.25. The number of carbonyl (C=O) groups excluding carboxylic acids is 1. The van der Waals surface area contributed by atoms with Gasteiger partial charge in [0.2, 0.25) is 0 Å². The molecule has 0 aliphatic carbocycles. The fourth-order valence-electron chi connectivity index (χ4n) is 1.70. The van der Waals surface area contributed by atoms with Crippen molar-refractivity contribution in [3.63, 3.8) is 0 Å². The second-order valence-corrected chi connectivity index (χ2v) is 5.14. The number of halogens is 1. The van der Waals surface area contributed by atoms with Gasteiger partial charge in [0.05, 0.1) is 0 Å². The molecule has 0 unspecified atom stereocenters. The third kappa shape index (κ3) is 2.41. The second kappa shape index (κ2) is 5.00. The summed E-state index contributed by atoms with van der Waals surface area (Å²) in [4.78, 5) is 12.3. The summed E-state index contributed by atoms with van der Waals surface area (Å²) in [6.45, 7) is 4.12. The van der Waals surface area contributed by atoms with E-state index in [2.05, 4.69) is 36.4 Å². The largest absolute Gasteiger partial charge is 0.289 e. The number of carbonyl (C=O) groups is 1. The zero-order valence-corrected chi connectivity index (χ0v) is 12.0. The standard InChI is InChI=1S/C15H13IO/c1-10-8-9-13(14(16)11(10)2)15(17)12-6-4-3-5-7-12/h3-9H,1-2H3. The Labute approximate surface area is 115 Å². The number of ketones is 1. The summed E-state index contributed by atoms with van der Waals surface area (Å²) in [6.07, 6.45) is 0. The van der Waals surface area contributed by atoms with E-state index >= 15 is 0 Å². The zero-order chi connectivity index (χ0) is 12.4. The normalized spacial score (nSPS) is 10.3. The lowest BCUT2D eigenvalue weighted by molar-refractivity contribution is 0.103. The van der Waals surface area contributed by atoms with Gasteiger partial charge in [0.15, 0.2) is 5.78 Å². The van der Waals surface area contributed by atoms with E-state index in [1.54, 1.807) is 0 Å². The number of hydrogen-bond acceptors (Lipinski definition) is 1. The monoisotopic (exact) mass is 336 g/mol. The molecular formula is C15H13IO. The summed E-state index contributed by atoms with van der Waals surface area (Å²) in [6, 6.07) is 13.3. The Bertz CT molecular complexity index is 559. The Morgan fingerprint density at radius 2 is 1.65 bits per heavy atom. The lowest BCUT2D eigenvalue weighted by Gasteiger charge is -2.09. The van der Waals surface area contributed by atoms with E-state index in [9.17, 15) is 4.79 Å². The highest BCUT2D eigenvalue weighted by molar-refractivity contribution is 14.1. The Balaban J connectivity index is 2.49. The first-order valence-corrected chi connectivity index (χ1v) is 6.54. The molecule has 86 valence electrons. The lowest BCUT2D eigenvalue weighted by Crippen LogP contribution is -2.05. The molecule has 2 heteroatoms. The minimum absolute atomic E-state index is 0.0955. The van der Waals surface area contributed by atoms with Gasteiger partial charge in [-0.3, -0.25) is 4.79 Å². The first-order valence-electron chi connectivity index (χ1n) is 5.46. The van der Waals surface area contributed by atoms with Gasteiger partial charge in [0.1, 0.15) is 0 Å². The third-order valence-corrected chi connectivity index (χ3v) is 4.33. The third-order valence-electron chi connectivity index (χ3n) is 2.94. The van der Waals surface area contributed by atoms with Gasteiger partial charge in [0, 0.05) is 14.7 Å². The molecule has 2 aromatic rings. The number of aryl methyl sites for hydroxylation is 1. The summed E-state index contributed by atoms with van der Waals surface area (Å²) in [5.41, 5.74) is 3.94. The molecular weight excluding hydrogens is 323 g/mol. The average molecular weight is 336 g/mol. The van der Waals surface area contributed by atoms with Crippen LogP contribution in [-0.4, -0.2) is 5.78 Å². The molecule has 0 spiro atoms.